The number of hydrogen-bond acceptors (Lipinski definition) is 4. The van der Waals surface area contributed by atoms with Crippen molar-refractivity contribution in [3.8, 4) is 23.3 Å². The van der Waals surface area contributed by atoms with Crippen molar-refractivity contribution in [2.45, 2.75) is 13.8 Å². The number of aryl methyl sites for hydroxylation is 1. The van der Waals surface area contributed by atoms with Gasteiger partial charge in [0.2, 0.25) is 6.79 Å². The lowest BCUT2D eigenvalue weighted by Gasteiger charge is -2.10. The van der Waals surface area contributed by atoms with Crippen LogP contribution in [0.15, 0.2) is 54.1 Å². The van der Waals surface area contributed by atoms with Crippen LogP contribution in [-0.4, -0.2) is 17.3 Å². The third-order valence-corrected chi connectivity index (χ3v) is 5.20. The van der Waals surface area contributed by atoms with Gasteiger partial charge in [-0.05, 0) is 55.8 Å². The Bertz CT molecular complexity index is 1220. The second-order valence-electron chi connectivity index (χ2n) is 6.80. The lowest BCUT2D eigenvalue weighted by molar-refractivity contribution is -0.112. The number of nitriles is 1. The summed E-state index contributed by atoms with van der Waals surface area (Å²) in [6, 6.07) is 16.5. The van der Waals surface area contributed by atoms with Gasteiger partial charge in [-0.1, -0.05) is 23.7 Å². The zero-order chi connectivity index (χ0) is 21.3. The molecule has 150 valence electrons. The predicted octanol–water partition coefficient (Wildman–Crippen LogP) is 5.02. The molecule has 0 atom stereocenters. The molecule has 1 N–H and O–H groups in total. The number of carbonyl (C=O) groups excluding carboxylic acids is 1. The van der Waals surface area contributed by atoms with Crippen molar-refractivity contribution in [3.05, 3.63) is 76.1 Å². The number of ether oxygens (including phenoxy) is 2. The highest BCUT2D eigenvalue weighted by molar-refractivity contribution is 6.34. The van der Waals surface area contributed by atoms with E-state index in [4.69, 9.17) is 21.1 Å². The molecule has 2 heterocycles. The van der Waals surface area contributed by atoms with Crippen molar-refractivity contribution in [2.75, 3.05) is 12.1 Å². The molecular formula is C23H18ClN3O3. The number of nitrogens with zero attached hydrogens (tertiary/aromatic N) is 2. The quantitative estimate of drug-likeness (QED) is 0.475. The fourth-order valence-electron chi connectivity index (χ4n) is 3.41. The van der Waals surface area contributed by atoms with Crippen molar-refractivity contribution in [1.82, 2.24) is 4.57 Å². The van der Waals surface area contributed by atoms with E-state index in [9.17, 15) is 10.1 Å². The first-order valence-electron chi connectivity index (χ1n) is 9.24. The number of carbonyl (C=O) groups is 1. The molecule has 7 heteroatoms. The Morgan fingerprint density at radius 2 is 1.93 bits per heavy atom. The average Bonchev–Trinajstić information content (AvgIpc) is 3.31. The Morgan fingerprint density at radius 3 is 2.70 bits per heavy atom. The van der Waals surface area contributed by atoms with Crippen molar-refractivity contribution >= 4 is 29.3 Å². The lowest BCUT2D eigenvalue weighted by Crippen LogP contribution is -2.13. The maximum atomic E-state index is 12.6. The highest BCUT2D eigenvalue weighted by atomic mass is 35.5. The number of amides is 1. The Balaban J connectivity index is 1.66. The summed E-state index contributed by atoms with van der Waals surface area (Å²) >= 11 is 6.09. The van der Waals surface area contributed by atoms with Gasteiger partial charge in [0.1, 0.15) is 11.6 Å². The van der Waals surface area contributed by atoms with Crippen molar-refractivity contribution in [1.29, 1.82) is 5.26 Å². The van der Waals surface area contributed by atoms with Crippen LogP contribution in [0.3, 0.4) is 0 Å². The molecule has 0 saturated carbocycles. The highest BCUT2D eigenvalue weighted by Crippen LogP contribution is 2.35. The molecule has 6 nitrogen and oxygen atoms in total. The molecule has 0 spiro atoms. The van der Waals surface area contributed by atoms with Gasteiger partial charge in [0, 0.05) is 23.1 Å². The molecule has 3 aromatic rings. The highest BCUT2D eigenvalue weighted by Gasteiger charge is 2.18. The Kier molecular flexibility index (Phi) is 5.21. The van der Waals surface area contributed by atoms with E-state index >= 15 is 0 Å². The number of halogens is 1. The summed E-state index contributed by atoms with van der Waals surface area (Å²) in [6.45, 7) is 4.11. The van der Waals surface area contributed by atoms with E-state index in [1.165, 1.54) is 0 Å². The van der Waals surface area contributed by atoms with Crippen LogP contribution in [0.2, 0.25) is 5.02 Å². The number of aromatic nitrogens is 1. The smallest absolute Gasteiger partial charge is 0.266 e. The fraction of sp³-hybridized carbons (Fsp3) is 0.130. The van der Waals surface area contributed by atoms with E-state index in [0.29, 0.717) is 22.2 Å². The Morgan fingerprint density at radius 1 is 1.17 bits per heavy atom. The van der Waals surface area contributed by atoms with Crippen LogP contribution < -0.4 is 14.8 Å². The monoisotopic (exact) mass is 419 g/mol. The standard InChI is InChI=1S/C23H18ClN3O3/c1-14-9-16(10-17(12-25)23(28)26-20-6-4-3-5-19(20)24)15(2)27(14)18-7-8-21-22(11-18)30-13-29-21/h3-11H,13H2,1-2H3,(H,26,28)/b17-10-. The van der Waals surface area contributed by atoms with Crippen molar-refractivity contribution < 1.29 is 14.3 Å². The topological polar surface area (TPSA) is 76.3 Å². The summed E-state index contributed by atoms with van der Waals surface area (Å²) in [7, 11) is 0. The third-order valence-electron chi connectivity index (χ3n) is 4.87. The van der Waals surface area contributed by atoms with Crippen molar-refractivity contribution in [3.63, 3.8) is 0 Å². The molecule has 1 amide bonds. The van der Waals surface area contributed by atoms with Gasteiger partial charge in [0.25, 0.3) is 5.91 Å². The molecule has 2 aromatic carbocycles. The molecule has 30 heavy (non-hydrogen) atoms. The normalized spacial score (nSPS) is 12.5. The molecule has 1 aliphatic rings. The predicted molar refractivity (Wildman–Crippen MR) is 115 cm³/mol. The Labute approximate surface area is 178 Å². The third kappa shape index (κ3) is 3.63. The zero-order valence-electron chi connectivity index (χ0n) is 16.4. The molecule has 4 rings (SSSR count). The van der Waals surface area contributed by atoms with Crippen LogP contribution in [0.4, 0.5) is 5.69 Å². The van der Waals surface area contributed by atoms with E-state index in [1.807, 2.05) is 48.7 Å². The first kappa shape index (κ1) is 19.6. The van der Waals surface area contributed by atoms with Gasteiger partial charge in [-0.25, -0.2) is 0 Å². The zero-order valence-corrected chi connectivity index (χ0v) is 17.2. The number of anilines is 1. The number of hydrogen-bond donors (Lipinski definition) is 1. The van der Waals surface area contributed by atoms with Crippen LogP contribution >= 0.6 is 11.6 Å². The molecule has 1 aliphatic heterocycles. The van der Waals surface area contributed by atoms with Crippen LogP contribution in [-0.2, 0) is 4.79 Å². The van der Waals surface area contributed by atoms with Crippen LogP contribution in [0.5, 0.6) is 11.5 Å². The van der Waals surface area contributed by atoms with Gasteiger partial charge in [0.15, 0.2) is 11.5 Å². The summed E-state index contributed by atoms with van der Waals surface area (Å²) in [5, 5.41) is 12.6. The minimum Gasteiger partial charge on any atom is -0.454 e. The molecule has 0 aliphatic carbocycles. The molecule has 0 unspecified atom stereocenters. The molecule has 0 fully saturated rings. The molecule has 0 saturated heterocycles. The molecule has 0 radical (unpaired) electrons. The van der Waals surface area contributed by atoms with Gasteiger partial charge >= 0.3 is 0 Å². The van der Waals surface area contributed by atoms with Gasteiger partial charge in [-0.15, -0.1) is 0 Å². The molecular weight excluding hydrogens is 402 g/mol. The fourth-order valence-corrected chi connectivity index (χ4v) is 3.59. The largest absolute Gasteiger partial charge is 0.454 e. The van der Waals surface area contributed by atoms with Crippen molar-refractivity contribution in [2.24, 2.45) is 0 Å². The van der Waals surface area contributed by atoms with Gasteiger partial charge in [-0.2, -0.15) is 5.26 Å². The number of fused-ring (bicyclic) bond motifs is 1. The first-order valence-corrected chi connectivity index (χ1v) is 9.62. The number of nitrogens with one attached hydrogen (secondary N) is 1. The van der Waals surface area contributed by atoms with E-state index in [-0.39, 0.29) is 12.4 Å². The Hall–Kier alpha value is -3.69. The lowest BCUT2D eigenvalue weighted by atomic mass is 10.1. The SMILES string of the molecule is Cc1cc(/C=C(/C#N)C(=O)Nc2ccccc2Cl)c(C)n1-c1ccc2c(c1)OCO2. The average molecular weight is 420 g/mol. The number of para-hydroxylation sites is 1. The summed E-state index contributed by atoms with van der Waals surface area (Å²) in [6.07, 6.45) is 1.58. The van der Waals surface area contributed by atoms with Gasteiger partial charge in [0.05, 0.1) is 10.7 Å². The summed E-state index contributed by atoms with van der Waals surface area (Å²) < 4.78 is 12.9. The van der Waals surface area contributed by atoms with Gasteiger partial charge < -0.3 is 19.4 Å². The minimum absolute atomic E-state index is 0.0131. The minimum atomic E-state index is -0.515. The van der Waals surface area contributed by atoms with E-state index in [0.717, 1.165) is 22.6 Å². The molecule has 1 aromatic heterocycles. The van der Waals surface area contributed by atoms with Crippen LogP contribution in [0, 0.1) is 25.2 Å². The van der Waals surface area contributed by atoms with E-state index in [1.54, 1.807) is 30.3 Å². The van der Waals surface area contributed by atoms with E-state index < -0.39 is 5.91 Å². The number of benzene rings is 2. The van der Waals surface area contributed by atoms with Gasteiger partial charge in [-0.3, -0.25) is 4.79 Å². The maximum absolute atomic E-state index is 12.6. The first-order chi connectivity index (χ1) is 14.5. The second kappa shape index (κ2) is 7.97. The van der Waals surface area contributed by atoms with Crippen LogP contribution in [0.25, 0.3) is 11.8 Å². The summed E-state index contributed by atoms with van der Waals surface area (Å²) in [4.78, 5) is 12.6. The van der Waals surface area contributed by atoms with Crippen LogP contribution in [0.1, 0.15) is 17.0 Å². The number of rotatable bonds is 4. The molecule has 0 bridgehead atoms. The second-order valence-corrected chi connectivity index (χ2v) is 7.21. The van der Waals surface area contributed by atoms with E-state index in [2.05, 4.69) is 5.32 Å². The summed E-state index contributed by atoms with van der Waals surface area (Å²) in [5.74, 6) is 0.886. The summed E-state index contributed by atoms with van der Waals surface area (Å²) in [5.41, 5.74) is 3.98. The maximum Gasteiger partial charge on any atom is 0.266 e.